The highest BCUT2D eigenvalue weighted by atomic mass is 35.5. The lowest BCUT2D eigenvalue weighted by Crippen LogP contribution is -2.43. The first-order chi connectivity index (χ1) is 26.4. The quantitative estimate of drug-likeness (QED) is 0.0911. The highest BCUT2D eigenvalue weighted by Gasteiger charge is 2.45. The average Bonchev–Trinajstić information content (AvgIpc) is 3.81. The molecule has 19 heteroatoms. The van der Waals surface area contributed by atoms with Crippen LogP contribution in [-0.2, 0) is 11.4 Å². The average molecular weight is 802 g/mol. The minimum atomic E-state index is -4.30. The molecule has 5 aromatic rings. The van der Waals surface area contributed by atoms with Gasteiger partial charge < -0.3 is 30.7 Å². The number of alkyl halides is 3. The van der Waals surface area contributed by atoms with Crippen LogP contribution in [0.4, 0.5) is 38.6 Å². The van der Waals surface area contributed by atoms with Crippen molar-refractivity contribution in [1.29, 1.82) is 5.26 Å². The Bertz CT molecular complexity index is 2330. The number of nitrogen functional groups attached to an aromatic ring is 2. The van der Waals surface area contributed by atoms with Crippen LogP contribution in [0.25, 0.3) is 32.1 Å². The zero-order valence-corrected chi connectivity index (χ0v) is 30.6. The molecule has 6 heterocycles. The van der Waals surface area contributed by atoms with E-state index >= 15 is 4.39 Å². The summed E-state index contributed by atoms with van der Waals surface area (Å²) in [5.74, 6) is -0.438. The normalized spacial score (nSPS) is 16.2. The van der Waals surface area contributed by atoms with Crippen molar-refractivity contribution in [2.24, 2.45) is 5.16 Å². The lowest BCUT2D eigenvalue weighted by Gasteiger charge is -2.31. The Labute approximate surface area is 320 Å². The zero-order chi connectivity index (χ0) is 39.1. The number of pyridine rings is 1. The molecule has 0 radical (unpaired) electrons. The van der Waals surface area contributed by atoms with Crippen LogP contribution in [0.1, 0.15) is 36.8 Å². The summed E-state index contributed by atoms with van der Waals surface area (Å²) < 4.78 is 77.9. The number of anilines is 3. The number of hydrogen-bond donors (Lipinski definition) is 2. The molecule has 0 bridgehead atoms. The second-order valence-electron chi connectivity index (χ2n) is 13.2. The molecule has 0 amide bonds. The van der Waals surface area contributed by atoms with Crippen LogP contribution in [0, 0.1) is 23.0 Å². The van der Waals surface area contributed by atoms with Crippen molar-refractivity contribution >= 4 is 67.3 Å². The highest BCUT2D eigenvalue weighted by molar-refractivity contribution is 7.23. The number of nitriles is 1. The number of nitrogens with zero attached hydrogens (tertiary/aromatic N) is 7. The van der Waals surface area contributed by atoms with E-state index in [1.54, 1.807) is 12.3 Å². The third kappa shape index (κ3) is 7.19. The number of ether oxygens (including phenoxy) is 2. The summed E-state index contributed by atoms with van der Waals surface area (Å²) in [6.07, 6.45) is 1.52. The van der Waals surface area contributed by atoms with Crippen molar-refractivity contribution in [3.8, 4) is 29.0 Å². The Kier molecular flexibility index (Phi) is 10.5. The van der Waals surface area contributed by atoms with Gasteiger partial charge in [0.2, 0.25) is 6.61 Å². The Morgan fingerprint density at radius 3 is 2.55 bits per heavy atom. The zero-order valence-electron chi connectivity index (χ0n) is 29.1. The summed E-state index contributed by atoms with van der Waals surface area (Å²) in [5.41, 5.74) is 13.1. The molecule has 12 nitrogen and oxygen atoms in total. The van der Waals surface area contributed by atoms with E-state index in [-0.39, 0.29) is 71.6 Å². The molecule has 2 saturated heterocycles. The van der Waals surface area contributed by atoms with Gasteiger partial charge in [-0.2, -0.15) is 28.4 Å². The van der Waals surface area contributed by atoms with Crippen molar-refractivity contribution in [1.82, 2.24) is 19.9 Å². The molecule has 4 N–H and O–H groups in total. The minimum absolute atomic E-state index is 0.0200. The van der Waals surface area contributed by atoms with Crippen LogP contribution in [0.3, 0.4) is 0 Å². The highest BCUT2D eigenvalue weighted by Crippen LogP contribution is 2.51. The molecule has 8 rings (SSSR count). The van der Waals surface area contributed by atoms with Gasteiger partial charge in [-0.1, -0.05) is 23.7 Å². The van der Waals surface area contributed by atoms with Gasteiger partial charge in [0, 0.05) is 36.0 Å². The third-order valence-electron chi connectivity index (χ3n) is 9.94. The Morgan fingerprint density at radius 1 is 1.11 bits per heavy atom. The molecule has 0 aliphatic carbocycles. The first kappa shape index (κ1) is 38.0. The number of halogens is 6. The molecule has 0 atom stereocenters. The predicted molar refractivity (Wildman–Crippen MR) is 199 cm³/mol. The first-order valence-electron chi connectivity index (χ1n) is 17.1. The second kappa shape index (κ2) is 15.1. The van der Waals surface area contributed by atoms with Crippen molar-refractivity contribution in [2.45, 2.75) is 43.9 Å². The molecule has 55 heavy (non-hydrogen) atoms. The van der Waals surface area contributed by atoms with E-state index in [0.29, 0.717) is 31.3 Å². The SMILES string of the molecule is C=NOCC(F)(F)F.N#Cc1c(N)sc2c(F)ccc(-c3c(Cl)c4c5c(nc(OCC67CCCN6CCC7)nc5c3F)N(Cc3cccnc3N)CCO4)c12. The maximum Gasteiger partial charge on any atom is 0.425 e. The first-order valence-corrected chi connectivity index (χ1v) is 18.3. The number of fused-ring (bicyclic) bond motifs is 2. The van der Waals surface area contributed by atoms with Gasteiger partial charge in [0.1, 0.15) is 47.3 Å². The van der Waals surface area contributed by atoms with Crippen LogP contribution < -0.4 is 25.8 Å². The Balaban J connectivity index is 0.000000526. The lowest BCUT2D eigenvalue weighted by molar-refractivity contribution is -0.173. The molecular weight excluding hydrogens is 769 g/mol. The summed E-state index contributed by atoms with van der Waals surface area (Å²) in [6, 6.07) is 8.34. The summed E-state index contributed by atoms with van der Waals surface area (Å²) in [5, 5.41) is 13.0. The number of oxime groups is 1. The summed E-state index contributed by atoms with van der Waals surface area (Å²) in [6.45, 7) is 4.59. The van der Waals surface area contributed by atoms with E-state index in [1.165, 1.54) is 12.1 Å². The van der Waals surface area contributed by atoms with Crippen LogP contribution >= 0.6 is 22.9 Å². The number of aromatic nitrogens is 3. The van der Waals surface area contributed by atoms with Crippen molar-refractivity contribution in [3.05, 3.63) is 58.2 Å². The monoisotopic (exact) mass is 801 g/mol. The van der Waals surface area contributed by atoms with Gasteiger partial charge in [-0.25, -0.2) is 13.8 Å². The molecule has 0 spiro atoms. The van der Waals surface area contributed by atoms with Gasteiger partial charge in [0.05, 0.1) is 32.8 Å². The smallest absolute Gasteiger partial charge is 0.425 e. The van der Waals surface area contributed by atoms with Crippen molar-refractivity contribution in [2.75, 3.05) is 55.8 Å². The number of rotatable bonds is 8. The number of thiophene rings is 1. The second-order valence-corrected chi connectivity index (χ2v) is 14.6. The van der Waals surface area contributed by atoms with Crippen LogP contribution in [0.15, 0.2) is 35.6 Å². The van der Waals surface area contributed by atoms with E-state index in [0.717, 1.165) is 55.7 Å². The van der Waals surface area contributed by atoms with E-state index in [9.17, 15) is 22.8 Å². The fraction of sp³-hybridized carbons (Fsp3) is 0.361. The number of hydrogen-bond acceptors (Lipinski definition) is 13. The maximum absolute atomic E-state index is 17.1. The van der Waals surface area contributed by atoms with E-state index in [1.807, 2.05) is 17.0 Å². The largest absolute Gasteiger partial charge is 0.489 e. The molecule has 2 fully saturated rings. The fourth-order valence-corrected chi connectivity index (χ4v) is 8.78. The topological polar surface area (TPSA) is 161 Å². The molecule has 2 aromatic carbocycles. The van der Waals surface area contributed by atoms with E-state index in [4.69, 9.17) is 37.5 Å². The van der Waals surface area contributed by atoms with Crippen LogP contribution in [0.5, 0.6) is 11.8 Å². The van der Waals surface area contributed by atoms with Gasteiger partial charge in [0.25, 0.3) is 0 Å². The van der Waals surface area contributed by atoms with Crippen LogP contribution in [0.2, 0.25) is 5.02 Å². The number of benzene rings is 2. The molecule has 3 aliphatic heterocycles. The van der Waals surface area contributed by atoms with Crippen LogP contribution in [-0.4, -0.2) is 77.7 Å². The van der Waals surface area contributed by atoms with Crippen molar-refractivity contribution in [3.63, 3.8) is 0 Å². The molecule has 3 aromatic heterocycles. The van der Waals surface area contributed by atoms with E-state index in [2.05, 4.69) is 31.6 Å². The van der Waals surface area contributed by atoms with Gasteiger partial charge >= 0.3 is 12.2 Å². The maximum atomic E-state index is 17.1. The van der Waals surface area contributed by atoms with Gasteiger partial charge in [-0.3, -0.25) is 4.90 Å². The third-order valence-corrected chi connectivity index (χ3v) is 11.3. The Morgan fingerprint density at radius 2 is 1.87 bits per heavy atom. The summed E-state index contributed by atoms with van der Waals surface area (Å²) in [7, 11) is 0. The summed E-state index contributed by atoms with van der Waals surface area (Å²) in [4.78, 5) is 21.7. The molecule has 0 saturated carbocycles. The molecule has 288 valence electrons. The molecular formula is C36H33ClF5N9O3S. The lowest BCUT2D eigenvalue weighted by atomic mass is 9.95. The van der Waals surface area contributed by atoms with Gasteiger partial charge in [-0.15, -0.1) is 16.5 Å². The van der Waals surface area contributed by atoms with E-state index < -0.39 is 24.4 Å². The Hall–Kier alpha value is -5.25. The van der Waals surface area contributed by atoms with Gasteiger partial charge in [0.15, 0.2) is 11.6 Å². The molecule has 0 unspecified atom stereocenters. The van der Waals surface area contributed by atoms with Gasteiger partial charge in [-0.05, 0) is 56.5 Å². The minimum Gasteiger partial charge on any atom is -0.489 e. The predicted octanol–water partition coefficient (Wildman–Crippen LogP) is 7.46. The standard InChI is InChI=1S/C33H29ClF2N8O2S.C3H4F3NO/c34-24-22(18-5-6-20(35)28-21(18)19(14-37)30(39)47-28)25(36)26-23-27(24)45-13-12-43(15-17-4-1-9-40-29(17)38)31(23)42-32(41-26)46-16-33-7-2-10-44(33)11-3-8-33;1-7-8-2-3(4,5)6/h1,4-6,9H,2-3,7-8,10-13,15-16,39H2,(H2,38,40);1-2H2. The summed E-state index contributed by atoms with van der Waals surface area (Å²) >= 11 is 7.94. The molecule has 3 aliphatic rings. The van der Waals surface area contributed by atoms with Crippen molar-refractivity contribution < 1.29 is 36.3 Å². The fourth-order valence-electron chi connectivity index (χ4n) is 7.50. The number of nitrogens with two attached hydrogens (primary N) is 2.